The van der Waals surface area contributed by atoms with Crippen molar-refractivity contribution in [3.05, 3.63) is 63.6 Å². The molecule has 1 N–H and O–H groups in total. The van der Waals surface area contributed by atoms with Crippen LogP contribution in [0.15, 0.2) is 40.9 Å². The molecule has 0 aliphatic rings. The van der Waals surface area contributed by atoms with Gasteiger partial charge in [-0.15, -0.1) is 0 Å². The molecule has 100 valence electrons. The monoisotopic (exact) mass is 336 g/mol. The van der Waals surface area contributed by atoms with E-state index >= 15 is 0 Å². The van der Waals surface area contributed by atoms with Crippen molar-refractivity contribution in [1.29, 1.82) is 5.26 Å². The average Bonchev–Trinajstić information content (AvgIpc) is 2.41. The predicted octanol–water partition coefficient (Wildman–Crippen LogP) is 3.85. The number of carbonyl (C=O) groups is 1. The van der Waals surface area contributed by atoms with E-state index in [-0.39, 0.29) is 11.3 Å². The number of amides is 1. The fourth-order valence-corrected chi connectivity index (χ4v) is 1.94. The molecule has 0 radical (unpaired) electrons. The lowest BCUT2D eigenvalue weighted by Crippen LogP contribution is -2.15. The first kappa shape index (κ1) is 14.2. The van der Waals surface area contributed by atoms with Crippen LogP contribution in [-0.2, 0) is 0 Å². The van der Waals surface area contributed by atoms with Gasteiger partial charge in [-0.05, 0) is 36.4 Å². The first-order chi connectivity index (χ1) is 9.51. The minimum Gasteiger partial charge on any atom is -0.321 e. The van der Waals surface area contributed by atoms with Crippen molar-refractivity contribution in [3.63, 3.8) is 0 Å². The zero-order valence-electron chi connectivity index (χ0n) is 9.95. The third-order valence-electron chi connectivity index (χ3n) is 2.52. The maximum Gasteiger partial charge on any atom is 0.258 e. The summed E-state index contributed by atoms with van der Waals surface area (Å²) in [5.74, 6) is -2.37. The van der Waals surface area contributed by atoms with Crippen LogP contribution in [0.5, 0.6) is 0 Å². The summed E-state index contributed by atoms with van der Waals surface area (Å²) in [5.41, 5.74) is 0.0164. The van der Waals surface area contributed by atoms with Crippen LogP contribution in [0.3, 0.4) is 0 Å². The number of nitrogens with zero attached hydrogens (tertiary/aromatic N) is 1. The SMILES string of the molecule is N#Cc1ccc(Br)cc1NC(=O)c1cc(F)ccc1F. The first-order valence-corrected chi connectivity index (χ1v) is 6.26. The number of benzene rings is 2. The van der Waals surface area contributed by atoms with Crippen molar-refractivity contribution in [2.75, 3.05) is 5.32 Å². The normalized spacial score (nSPS) is 9.90. The molecule has 0 atom stereocenters. The molecule has 0 bridgehead atoms. The summed E-state index contributed by atoms with van der Waals surface area (Å²) in [7, 11) is 0. The van der Waals surface area contributed by atoms with Gasteiger partial charge in [0.2, 0.25) is 0 Å². The molecule has 0 spiro atoms. The Balaban J connectivity index is 2.35. The molecule has 6 heteroatoms. The van der Waals surface area contributed by atoms with E-state index in [0.717, 1.165) is 18.2 Å². The highest BCUT2D eigenvalue weighted by Gasteiger charge is 2.14. The van der Waals surface area contributed by atoms with Crippen molar-refractivity contribution >= 4 is 27.5 Å². The van der Waals surface area contributed by atoms with Gasteiger partial charge in [0.25, 0.3) is 5.91 Å². The van der Waals surface area contributed by atoms with Crippen LogP contribution in [0, 0.1) is 23.0 Å². The zero-order chi connectivity index (χ0) is 14.7. The molecule has 0 heterocycles. The van der Waals surface area contributed by atoms with Gasteiger partial charge in [-0.25, -0.2) is 8.78 Å². The van der Waals surface area contributed by atoms with Gasteiger partial charge in [0.1, 0.15) is 17.7 Å². The van der Waals surface area contributed by atoms with Gasteiger partial charge in [-0.1, -0.05) is 15.9 Å². The Bertz CT molecular complexity index is 726. The summed E-state index contributed by atoms with van der Waals surface area (Å²) < 4.78 is 27.2. The molecule has 0 aromatic heterocycles. The lowest BCUT2D eigenvalue weighted by molar-refractivity contribution is 0.102. The quantitative estimate of drug-likeness (QED) is 0.905. The van der Waals surface area contributed by atoms with Crippen molar-refractivity contribution in [1.82, 2.24) is 0 Å². The van der Waals surface area contributed by atoms with Gasteiger partial charge in [0.15, 0.2) is 0 Å². The summed E-state index contributed by atoms with van der Waals surface area (Å²) in [6, 6.07) is 9.14. The summed E-state index contributed by atoms with van der Waals surface area (Å²) in [5, 5.41) is 11.3. The van der Waals surface area contributed by atoms with E-state index in [1.54, 1.807) is 6.07 Å². The molecule has 2 rings (SSSR count). The number of rotatable bonds is 2. The van der Waals surface area contributed by atoms with Crippen LogP contribution in [0.1, 0.15) is 15.9 Å². The second-order valence-electron chi connectivity index (χ2n) is 3.88. The number of hydrogen-bond acceptors (Lipinski definition) is 2. The minimum atomic E-state index is -0.836. The summed E-state index contributed by atoms with van der Waals surface area (Å²) in [6.45, 7) is 0. The number of halogens is 3. The van der Waals surface area contributed by atoms with Crippen LogP contribution in [0.4, 0.5) is 14.5 Å². The Labute approximate surface area is 122 Å². The van der Waals surface area contributed by atoms with E-state index < -0.39 is 23.1 Å². The smallest absolute Gasteiger partial charge is 0.258 e. The Hall–Kier alpha value is -2.26. The minimum absolute atomic E-state index is 0.218. The molecule has 0 aliphatic heterocycles. The Morgan fingerprint density at radius 3 is 2.65 bits per heavy atom. The maximum atomic E-state index is 13.5. The van der Waals surface area contributed by atoms with Crippen molar-refractivity contribution in [2.24, 2.45) is 0 Å². The first-order valence-electron chi connectivity index (χ1n) is 5.47. The second kappa shape index (κ2) is 5.80. The molecular weight excluding hydrogens is 330 g/mol. The van der Waals surface area contributed by atoms with Crippen LogP contribution in [-0.4, -0.2) is 5.91 Å². The highest BCUT2D eigenvalue weighted by molar-refractivity contribution is 9.10. The third kappa shape index (κ3) is 3.00. The van der Waals surface area contributed by atoms with Crippen molar-refractivity contribution in [3.8, 4) is 6.07 Å². The third-order valence-corrected chi connectivity index (χ3v) is 3.02. The average molecular weight is 337 g/mol. The van der Waals surface area contributed by atoms with Crippen molar-refractivity contribution in [2.45, 2.75) is 0 Å². The van der Waals surface area contributed by atoms with Crippen LogP contribution in [0.25, 0.3) is 0 Å². The molecule has 0 aliphatic carbocycles. The van der Waals surface area contributed by atoms with E-state index in [2.05, 4.69) is 21.2 Å². The van der Waals surface area contributed by atoms with Crippen molar-refractivity contribution < 1.29 is 13.6 Å². The van der Waals surface area contributed by atoms with Crippen LogP contribution >= 0.6 is 15.9 Å². The number of nitrogens with one attached hydrogen (secondary N) is 1. The largest absolute Gasteiger partial charge is 0.321 e. The molecule has 3 nitrogen and oxygen atoms in total. The van der Waals surface area contributed by atoms with E-state index in [1.807, 2.05) is 6.07 Å². The Morgan fingerprint density at radius 1 is 1.20 bits per heavy atom. The summed E-state index contributed by atoms with van der Waals surface area (Å²) in [6.07, 6.45) is 0. The van der Waals surface area contributed by atoms with Gasteiger partial charge in [-0.3, -0.25) is 4.79 Å². The molecule has 0 saturated carbocycles. The fraction of sp³-hybridized carbons (Fsp3) is 0. The van der Waals surface area contributed by atoms with E-state index in [4.69, 9.17) is 5.26 Å². The van der Waals surface area contributed by atoms with Gasteiger partial charge in [-0.2, -0.15) is 5.26 Å². The molecule has 0 fully saturated rings. The van der Waals surface area contributed by atoms with Gasteiger partial charge in [0.05, 0.1) is 16.8 Å². The number of nitriles is 1. The molecule has 0 unspecified atom stereocenters. The topological polar surface area (TPSA) is 52.9 Å². The van der Waals surface area contributed by atoms with Gasteiger partial charge >= 0.3 is 0 Å². The van der Waals surface area contributed by atoms with E-state index in [9.17, 15) is 13.6 Å². The van der Waals surface area contributed by atoms with Crippen LogP contribution in [0.2, 0.25) is 0 Å². The molecule has 0 saturated heterocycles. The molecule has 2 aromatic carbocycles. The molecule has 1 amide bonds. The fourth-order valence-electron chi connectivity index (χ4n) is 1.58. The van der Waals surface area contributed by atoms with E-state index in [1.165, 1.54) is 12.1 Å². The molecule has 20 heavy (non-hydrogen) atoms. The van der Waals surface area contributed by atoms with Gasteiger partial charge in [0, 0.05) is 4.47 Å². The number of hydrogen-bond donors (Lipinski definition) is 1. The Morgan fingerprint density at radius 2 is 1.95 bits per heavy atom. The summed E-state index contributed by atoms with van der Waals surface area (Å²) in [4.78, 5) is 11.9. The van der Waals surface area contributed by atoms with E-state index in [0.29, 0.717) is 4.47 Å². The number of carbonyl (C=O) groups excluding carboxylic acids is 1. The lowest BCUT2D eigenvalue weighted by atomic mass is 10.1. The lowest BCUT2D eigenvalue weighted by Gasteiger charge is -2.08. The standard InChI is InChI=1S/C14H7BrF2N2O/c15-9-2-1-8(7-18)13(5-9)19-14(20)11-6-10(16)3-4-12(11)17/h1-6H,(H,19,20). The highest BCUT2D eigenvalue weighted by Crippen LogP contribution is 2.22. The summed E-state index contributed by atoms with van der Waals surface area (Å²) >= 11 is 3.20. The maximum absolute atomic E-state index is 13.5. The molecular formula is C14H7BrF2N2O. The van der Waals surface area contributed by atoms with Crippen LogP contribution < -0.4 is 5.32 Å². The predicted molar refractivity (Wildman–Crippen MR) is 73.2 cm³/mol. The Kier molecular flexibility index (Phi) is 4.11. The number of anilines is 1. The highest BCUT2D eigenvalue weighted by atomic mass is 79.9. The molecule has 2 aromatic rings. The second-order valence-corrected chi connectivity index (χ2v) is 4.80. The zero-order valence-corrected chi connectivity index (χ0v) is 11.5. The van der Waals surface area contributed by atoms with Gasteiger partial charge < -0.3 is 5.32 Å².